The lowest BCUT2D eigenvalue weighted by Gasteiger charge is -2.10. The zero-order valence-corrected chi connectivity index (χ0v) is 7.89. The standard InChI is InChI=1S/C6H13NO4S/c1-3-4-5(6(8)7-2)12(9,10)11/h5H,3-4H2,1-2H3,(H,7,8)(H,9,10,11). The molecule has 0 fully saturated rings. The molecule has 0 radical (unpaired) electrons. The van der Waals surface area contributed by atoms with Crippen LogP contribution in [0.1, 0.15) is 19.8 Å². The summed E-state index contributed by atoms with van der Waals surface area (Å²) < 4.78 is 29.9. The molecule has 5 nitrogen and oxygen atoms in total. The molecule has 6 heteroatoms. The van der Waals surface area contributed by atoms with Gasteiger partial charge in [-0.15, -0.1) is 0 Å². The fourth-order valence-electron chi connectivity index (χ4n) is 0.838. The lowest BCUT2D eigenvalue weighted by atomic mass is 10.2. The molecule has 0 saturated heterocycles. The number of rotatable bonds is 4. The summed E-state index contributed by atoms with van der Waals surface area (Å²) in [5.41, 5.74) is 0. The van der Waals surface area contributed by atoms with Gasteiger partial charge in [-0.25, -0.2) is 0 Å². The van der Waals surface area contributed by atoms with Gasteiger partial charge < -0.3 is 5.32 Å². The maximum absolute atomic E-state index is 10.9. The van der Waals surface area contributed by atoms with Gasteiger partial charge in [-0.1, -0.05) is 13.3 Å². The zero-order valence-electron chi connectivity index (χ0n) is 7.07. The van der Waals surface area contributed by atoms with Crippen LogP contribution in [0.5, 0.6) is 0 Å². The normalized spacial score (nSPS) is 13.9. The minimum atomic E-state index is -4.25. The molecule has 0 aliphatic heterocycles. The first-order valence-corrected chi connectivity index (χ1v) is 5.11. The Kier molecular flexibility index (Phi) is 4.19. The molecular formula is C6H13NO4S. The summed E-state index contributed by atoms with van der Waals surface area (Å²) in [6.45, 7) is 1.74. The van der Waals surface area contributed by atoms with E-state index in [1.165, 1.54) is 7.05 Å². The van der Waals surface area contributed by atoms with Gasteiger partial charge in [-0.3, -0.25) is 9.35 Å². The Morgan fingerprint density at radius 3 is 2.33 bits per heavy atom. The first-order valence-electron chi connectivity index (χ1n) is 3.61. The molecule has 0 saturated carbocycles. The van der Waals surface area contributed by atoms with Gasteiger partial charge in [0.2, 0.25) is 5.91 Å². The molecule has 0 heterocycles. The Balaban J connectivity index is 4.56. The molecule has 12 heavy (non-hydrogen) atoms. The first-order chi connectivity index (χ1) is 5.43. The summed E-state index contributed by atoms with van der Waals surface area (Å²) in [5.74, 6) is -0.667. The SMILES string of the molecule is CCCC(C(=O)NC)S(=O)(=O)O. The van der Waals surface area contributed by atoms with Crippen molar-refractivity contribution in [2.45, 2.75) is 25.0 Å². The minimum absolute atomic E-state index is 0.137. The highest BCUT2D eigenvalue weighted by Gasteiger charge is 2.28. The van der Waals surface area contributed by atoms with Gasteiger partial charge >= 0.3 is 0 Å². The largest absolute Gasteiger partial charge is 0.358 e. The number of nitrogens with one attached hydrogen (secondary N) is 1. The summed E-state index contributed by atoms with van der Waals surface area (Å²) in [6, 6.07) is 0. The van der Waals surface area contributed by atoms with Gasteiger partial charge in [-0.05, 0) is 6.42 Å². The van der Waals surface area contributed by atoms with E-state index in [4.69, 9.17) is 4.55 Å². The van der Waals surface area contributed by atoms with Crippen LogP contribution < -0.4 is 5.32 Å². The van der Waals surface area contributed by atoms with Gasteiger partial charge in [0.1, 0.15) is 0 Å². The highest BCUT2D eigenvalue weighted by atomic mass is 32.2. The summed E-state index contributed by atoms with van der Waals surface area (Å²) in [4.78, 5) is 10.9. The maximum Gasteiger partial charge on any atom is 0.276 e. The van der Waals surface area contributed by atoms with E-state index in [0.717, 1.165) is 0 Å². The van der Waals surface area contributed by atoms with Crippen LogP contribution in [0, 0.1) is 0 Å². The molecular weight excluding hydrogens is 182 g/mol. The van der Waals surface area contributed by atoms with Gasteiger partial charge in [0.25, 0.3) is 10.1 Å². The molecule has 1 atom stereocenters. The minimum Gasteiger partial charge on any atom is -0.358 e. The van der Waals surface area contributed by atoms with Crippen LogP contribution in [-0.4, -0.2) is 31.2 Å². The quantitative estimate of drug-likeness (QED) is 0.608. The molecule has 0 spiro atoms. The van der Waals surface area contributed by atoms with Gasteiger partial charge in [-0.2, -0.15) is 8.42 Å². The van der Waals surface area contributed by atoms with Crippen LogP contribution in [0.2, 0.25) is 0 Å². The van der Waals surface area contributed by atoms with Crippen molar-refractivity contribution < 1.29 is 17.8 Å². The van der Waals surface area contributed by atoms with Crippen molar-refractivity contribution in [2.24, 2.45) is 0 Å². The number of carbonyl (C=O) groups excluding carboxylic acids is 1. The van der Waals surface area contributed by atoms with Crippen LogP contribution in [0.15, 0.2) is 0 Å². The van der Waals surface area contributed by atoms with Gasteiger partial charge in [0.05, 0.1) is 0 Å². The fraction of sp³-hybridized carbons (Fsp3) is 0.833. The summed E-state index contributed by atoms with van der Waals surface area (Å²) in [7, 11) is -2.92. The second-order valence-corrected chi connectivity index (χ2v) is 4.01. The lowest BCUT2D eigenvalue weighted by Crippen LogP contribution is -2.37. The number of hydrogen-bond donors (Lipinski definition) is 2. The highest BCUT2D eigenvalue weighted by Crippen LogP contribution is 2.06. The van der Waals surface area contributed by atoms with E-state index < -0.39 is 21.3 Å². The third kappa shape index (κ3) is 3.19. The Morgan fingerprint density at radius 2 is 2.08 bits per heavy atom. The molecule has 0 aromatic heterocycles. The molecule has 0 aromatic carbocycles. The molecule has 2 N–H and O–H groups in total. The predicted molar refractivity (Wildman–Crippen MR) is 44.3 cm³/mol. The Labute approximate surface area is 71.9 Å². The highest BCUT2D eigenvalue weighted by molar-refractivity contribution is 7.87. The molecule has 0 aromatic rings. The summed E-state index contributed by atoms with van der Waals surface area (Å²) >= 11 is 0. The lowest BCUT2D eigenvalue weighted by molar-refractivity contribution is -0.120. The van der Waals surface area contributed by atoms with Crippen LogP contribution in [0.3, 0.4) is 0 Å². The van der Waals surface area contributed by atoms with Crippen LogP contribution >= 0.6 is 0 Å². The van der Waals surface area contributed by atoms with E-state index in [1.807, 2.05) is 0 Å². The summed E-state index contributed by atoms with van der Waals surface area (Å²) in [5, 5.41) is 0.852. The van der Waals surface area contributed by atoms with Crippen molar-refractivity contribution in [2.75, 3.05) is 7.05 Å². The van der Waals surface area contributed by atoms with Crippen molar-refractivity contribution in [3.8, 4) is 0 Å². The molecule has 0 aliphatic rings. The average molecular weight is 195 g/mol. The molecule has 0 rings (SSSR count). The molecule has 0 aliphatic carbocycles. The molecule has 1 amide bonds. The predicted octanol–water partition coefficient (Wildman–Crippen LogP) is -0.211. The van der Waals surface area contributed by atoms with E-state index in [9.17, 15) is 13.2 Å². The van der Waals surface area contributed by atoms with E-state index in [0.29, 0.717) is 6.42 Å². The van der Waals surface area contributed by atoms with Crippen molar-refractivity contribution in [3.63, 3.8) is 0 Å². The first kappa shape index (κ1) is 11.4. The van der Waals surface area contributed by atoms with Gasteiger partial charge in [0, 0.05) is 7.05 Å². The smallest absolute Gasteiger partial charge is 0.276 e. The van der Waals surface area contributed by atoms with Crippen LogP contribution in [0.4, 0.5) is 0 Å². The monoisotopic (exact) mass is 195 g/mol. The zero-order chi connectivity index (χ0) is 9.78. The number of amides is 1. The van der Waals surface area contributed by atoms with Crippen molar-refractivity contribution in [3.05, 3.63) is 0 Å². The van der Waals surface area contributed by atoms with Crippen molar-refractivity contribution >= 4 is 16.0 Å². The molecule has 72 valence electrons. The van der Waals surface area contributed by atoms with Crippen LogP contribution in [-0.2, 0) is 14.9 Å². The third-order valence-electron chi connectivity index (χ3n) is 1.45. The maximum atomic E-state index is 10.9. The Morgan fingerprint density at radius 1 is 1.58 bits per heavy atom. The number of carbonyl (C=O) groups is 1. The second kappa shape index (κ2) is 4.42. The van der Waals surface area contributed by atoms with Crippen molar-refractivity contribution in [1.82, 2.24) is 5.32 Å². The second-order valence-electron chi connectivity index (χ2n) is 2.41. The Hall–Kier alpha value is -0.620. The number of hydrogen-bond acceptors (Lipinski definition) is 3. The topological polar surface area (TPSA) is 83.5 Å². The van der Waals surface area contributed by atoms with Crippen molar-refractivity contribution in [1.29, 1.82) is 0 Å². The average Bonchev–Trinajstić information content (AvgIpc) is 1.96. The fourth-order valence-corrected chi connectivity index (χ4v) is 1.76. The Bertz CT molecular complexity index is 246. The van der Waals surface area contributed by atoms with E-state index >= 15 is 0 Å². The van der Waals surface area contributed by atoms with Gasteiger partial charge in [0.15, 0.2) is 5.25 Å². The third-order valence-corrected chi connectivity index (χ3v) is 2.62. The van der Waals surface area contributed by atoms with E-state index in [-0.39, 0.29) is 6.42 Å². The van der Waals surface area contributed by atoms with E-state index in [2.05, 4.69) is 5.32 Å². The van der Waals surface area contributed by atoms with Crippen LogP contribution in [0.25, 0.3) is 0 Å². The molecule has 1 unspecified atom stereocenters. The molecule has 0 bridgehead atoms. The summed E-state index contributed by atoms with van der Waals surface area (Å²) in [6.07, 6.45) is 0.663. The van der Waals surface area contributed by atoms with E-state index in [1.54, 1.807) is 6.92 Å².